The molecule has 0 saturated heterocycles. The number of rotatable bonds is 5. The van der Waals surface area contributed by atoms with E-state index in [-0.39, 0.29) is 11.8 Å². The molecule has 0 bridgehead atoms. The first-order valence-electron chi connectivity index (χ1n) is 5.62. The van der Waals surface area contributed by atoms with Gasteiger partial charge in [0.2, 0.25) is 5.91 Å². The second-order valence-electron chi connectivity index (χ2n) is 4.16. The Morgan fingerprint density at radius 2 is 2.31 bits per heavy atom. The van der Waals surface area contributed by atoms with Crippen molar-refractivity contribution in [2.75, 3.05) is 0 Å². The van der Waals surface area contributed by atoms with Crippen molar-refractivity contribution in [1.82, 2.24) is 5.32 Å². The Morgan fingerprint density at radius 1 is 1.62 bits per heavy atom. The van der Waals surface area contributed by atoms with Crippen LogP contribution >= 0.6 is 11.3 Å². The fourth-order valence-electron chi connectivity index (χ4n) is 1.38. The van der Waals surface area contributed by atoms with Gasteiger partial charge in [0.1, 0.15) is 0 Å². The highest BCUT2D eigenvalue weighted by molar-refractivity contribution is 7.10. The average molecular weight is 240 g/mol. The molecule has 3 nitrogen and oxygen atoms in total. The maximum Gasteiger partial charge on any atom is 0.237 e. The van der Waals surface area contributed by atoms with E-state index in [0.717, 1.165) is 6.42 Å². The van der Waals surface area contributed by atoms with Crippen LogP contribution < -0.4 is 11.1 Å². The zero-order chi connectivity index (χ0) is 12.1. The third kappa shape index (κ3) is 3.32. The van der Waals surface area contributed by atoms with Crippen LogP contribution in [0.5, 0.6) is 0 Å². The van der Waals surface area contributed by atoms with Gasteiger partial charge in [-0.15, -0.1) is 11.3 Å². The largest absolute Gasteiger partial charge is 0.350 e. The average Bonchev–Trinajstić information content (AvgIpc) is 2.69. The van der Waals surface area contributed by atoms with E-state index in [2.05, 4.69) is 11.4 Å². The SMILES string of the molecule is CCC(C)C(N)C(=O)NCc1sccc1C. The first kappa shape index (κ1) is 13.2. The van der Waals surface area contributed by atoms with Gasteiger partial charge in [-0.05, 0) is 29.9 Å². The maximum atomic E-state index is 11.7. The number of thiophene rings is 1. The number of carbonyl (C=O) groups excluding carboxylic acids is 1. The van der Waals surface area contributed by atoms with Gasteiger partial charge < -0.3 is 11.1 Å². The normalized spacial score (nSPS) is 14.5. The van der Waals surface area contributed by atoms with Gasteiger partial charge in [-0.1, -0.05) is 20.3 Å². The molecule has 4 heteroatoms. The van der Waals surface area contributed by atoms with Crippen LogP contribution in [0.15, 0.2) is 11.4 Å². The van der Waals surface area contributed by atoms with E-state index in [0.29, 0.717) is 6.54 Å². The van der Waals surface area contributed by atoms with Crippen LogP contribution in [0.25, 0.3) is 0 Å². The van der Waals surface area contributed by atoms with E-state index in [4.69, 9.17) is 5.73 Å². The molecule has 1 amide bonds. The summed E-state index contributed by atoms with van der Waals surface area (Å²) in [6.45, 7) is 6.68. The summed E-state index contributed by atoms with van der Waals surface area (Å²) < 4.78 is 0. The van der Waals surface area contributed by atoms with Crippen molar-refractivity contribution in [3.63, 3.8) is 0 Å². The molecule has 1 heterocycles. The summed E-state index contributed by atoms with van der Waals surface area (Å²) in [7, 11) is 0. The van der Waals surface area contributed by atoms with Gasteiger partial charge in [-0.2, -0.15) is 0 Å². The predicted octanol–water partition coefficient (Wildman–Crippen LogP) is 2.05. The van der Waals surface area contributed by atoms with Crippen LogP contribution in [-0.4, -0.2) is 11.9 Å². The third-order valence-electron chi connectivity index (χ3n) is 2.95. The fourth-order valence-corrected chi connectivity index (χ4v) is 2.23. The molecule has 16 heavy (non-hydrogen) atoms. The van der Waals surface area contributed by atoms with Gasteiger partial charge >= 0.3 is 0 Å². The van der Waals surface area contributed by atoms with Gasteiger partial charge in [0.15, 0.2) is 0 Å². The molecule has 0 spiro atoms. The van der Waals surface area contributed by atoms with E-state index in [1.807, 2.05) is 26.2 Å². The minimum absolute atomic E-state index is 0.0536. The van der Waals surface area contributed by atoms with Gasteiger partial charge in [-0.3, -0.25) is 4.79 Å². The molecule has 0 fully saturated rings. The summed E-state index contributed by atoms with van der Waals surface area (Å²) >= 11 is 1.66. The molecular formula is C12H20N2OS. The van der Waals surface area contributed by atoms with Crippen LogP contribution in [0.1, 0.15) is 30.7 Å². The molecule has 0 aliphatic rings. The van der Waals surface area contributed by atoms with Crippen molar-refractivity contribution in [2.24, 2.45) is 11.7 Å². The highest BCUT2D eigenvalue weighted by atomic mass is 32.1. The quantitative estimate of drug-likeness (QED) is 0.827. The van der Waals surface area contributed by atoms with Gasteiger partial charge in [0.25, 0.3) is 0 Å². The van der Waals surface area contributed by atoms with Crippen molar-refractivity contribution in [3.05, 3.63) is 21.9 Å². The Balaban J connectivity index is 2.44. The maximum absolute atomic E-state index is 11.7. The number of carbonyl (C=O) groups is 1. The molecule has 3 N–H and O–H groups in total. The second-order valence-corrected chi connectivity index (χ2v) is 5.16. The van der Waals surface area contributed by atoms with Gasteiger partial charge in [0.05, 0.1) is 12.6 Å². The molecule has 0 aromatic carbocycles. The predicted molar refractivity (Wildman–Crippen MR) is 68.3 cm³/mol. The molecule has 2 unspecified atom stereocenters. The Kier molecular flexibility index (Phi) is 4.96. The molecule has 2 atom stereocenters. The summed E-state index contributed by atoms with van der Waals surface area (Å²) in [5, 5.41) is 4.92. The monoisotopic (exact) mass is 240 g/mol. The van der Waals surface area contributed by atoms with E-state index in [1.165, 1.54) is 10.4 Å². The lowest BCUT2D eigenvalue weighted by Crippen LogP contribution is -2.44. The molecule has 1 rings (SSSR count). The van der Waals surface area contributed by atoms with Gasteiger partial charge in [-0.25, -0.2) is 0 Å². The highest BCUT2D eigenvalue weighted by Gasteiger charge is 2.19. The Hall–Kier alpha value is -0.870. The topological polar surface area (TPSA) is 55.1 Å². The molecule has 0 radical (unpaired) electrons. The van der Waals surface area contributed by atoms with Gasteiger partial charge in [0, 0.05) is 4.88 Å². The van der Waals surface area contributed by atoms with E-state index in [1.54, 1.807) is 11.3 Å². The first-order valence-corrected chi connectivity index (χ1v) is 6.50. The van der Waals surface area contributed by atoms with Crippen molar-refractivity contribution >= 4 is 17.2 Å². The number of hydrogen-bond donors (Lipinski definition) is 2. The molecule has 1 aromatic heterocycles. The number of amides is 1. The van der Waals surface area contributed by atoms with Crippen LogP contribution in [0.2, 0.25) is 0 Å². The highest BCUT2D eigenvalue weighted by Crippen LogP contribution is 2.15. The standard InChI is InChI=1S/C12H20N2OS/c1-4-8(2)11(13)12(15)14-7-10-9(3)5-6-16-10/h5-6,8,11H,4,7,13H2,1-3H3,(H,14,15). The molecule has 90 valence electrons. The Bertz CT molecular complexity index is 349. The molecule has 1 aromatic rings. The van der Waals surface area contributed by atoms with Crippen molar-refractivity contribution in [2.45, 2.75) is 39.8 Å². The zero-order valence-corrected chi connectivity index (χ0v) is 10.9. The Morgan fingerprint density at radius 3 is 2.81 bits per heavy atom. The zero-order valence-electron chi connectivity index (χ0n) is 10.1. The second kappa shape index (κ2) is 6.01. The van der Waals surface area contributed by atoms with E-state index >= 15 is 0 Å². The summed E-state index contributed by atoms with van der Waals surface area (Å²) in [5.74, 6) is 0.173. The first-order chi connectivity index (χ1) is 7.56. The van der Waals surface area contributed by atoms with Crippen LogP contribution in [0.3, 0.4) is 0 Å². The summed E-state index contributed by atoms with van der Waals surface area (Å²) in [5.41, 5.74) is 7.06. The number of nitrogens with one attached hydrogen (secondary N) is 1. The molecule has 0 aliphatic heterocycles. The lowest BCUT2D eigenvalue weighted by atomic mass is 9.99. The number of hydrogen-bond acceptors (Lipinski definition) is 3. The van der Waals surface area contributed by atoms with Crippen LogP contribution in [0.4, 0.5) is 0 Å². The van der Waals surface area contributed by atoms with E-state index in [9.17, 15) is 4.79 Å². The lowest BCUT2D eigenvalue weighted by Gasteiger charge is -2.17. The van der Waals surface area contributed by atoms with Crippen LogP contribution in [-0.2, 0) is 11.3 Å². The summed E-state index contributed by atoms with van der Waals surface area (Å²) in [6.07, 6.45) is 0.923. The summed E-state index contributed by atoms with van der Waals surface area (Å²) in [4.78, 5) is 12.9. The number of nitrogens with two attached hydrogens (primary N) is 1. The van der Waals surface area contributed by atoms with Crippen molar-refractivity contribution in [1.29, 1.82) is 0 Å². The molecule has 0 saturated carbocycles. The van der Waals surface area contributed by atoms with Crippen molar-refractivity contribution in [3.8, 4) is 0 Å². The number of aryl methyl sites for hydroxylation is 1. The smallest absolute Gasteiger partial charge is 0.237 e. The van der Waals surface area contributed by atoms with Crippen molar-refractivity contribution < 1.29 is 4.79 Å². The minimum atomic E-state index is -0.398. The molecule has 0 aliphatic carbocycles. The summed E-state index contributed by atoms with van der Waals surface area (Å²) in [6, 6.07) is 1.66. The van der Waals surface area contributed by atoms with Crippen LogP contribution in [0, 0.1) is 12.8 Å². The lowest BCUT2D eigenvalue weighted by molar-refractivity contribution is -0.123. The third-order valence-corrected chi connectivity index (χ3v) is 3.97. The molecular weight excluding hydrogens is 220 g/mol. The fraction of sp³-hybridized carbons (Fsp3) is 0.583. The minimum Gasteiger partial charge on any atom is -0.350 e. The Labute approximate surface area is 101 Å². The van der Waals surface area contributed by atoms with E-state index < -0.39 is 6.04 Å².